The molecule has 0 bridgehead atoms. The van der Waals surface area contributed by atoms with Crippen LogP contribution in [0.2, 0.25) is 0 Å². The first-order chi connectivity index (χ1) is 10.6. The Balaban J connectivity index is 1.62. The summed E-state index contributed by atoms with van der Waals surface area (Å²) in [6.45, 7) is 5.07. The molecule has 1 unspecified atom stereocenters. The Morgan fingerprint density at radius 3 is 2.91 bits per heavy atom. The highest BCUT2D eigenvalue weighted by atomic mass is 32.1. The molecule has 2 aromatic rings. The van der Waals surface area contributed by atoms with E-state index in [1.807, 2.05) is 29.2 Å². The third kappa shape index (κ3) is 3.17. The summed E-state index contributed by atoms with van der Waals surface area (Å²) in [5.74, 6) is 0.845. The summed E-state index contributed by atoms with van der Waals surface area (Å²) in [7, 11) is 0. The van der Waals surface area contributed by atoms with E-state index in [4.69, 9.17) is 4.74 Å². The number of hydrogen-bond donors (Lipinski definition) is 0. The van der Waals surface area contributed by atoms with Gasteiger partial charge in [-0.1, -0.05) is 12.1 Å². The van der Waals surface area contributed by atoms with E-state index in [1.165, 1.54) is 16.0 Å². The molecule has 2 heterocycles. The van der Waals surface area contributed by atoms with E-state index >= 15 is 0 Å². The van der Waals surface area contributed by atoms with Crippen molar-refractivity contribution in [3.8, 4) is 5.75 Å². The van der Waals surface area contributed by atoms with Crippen LogP contribution in [0.4, 0.5) is 0 Å². The molecule has 1 aliphatic heterocycles. The molecule has 1 aromatic heterocycles. The number of aryl methyl sites for hydroxylation is 2. The van der Waals surface area contributed by atoms with Gasteiger partial charge in [-0.3, -0.25) is 4.79 Å². The van der Waals surface area contributed by atoms with Gasteiger partial charge in [-0.2, -0.15) is 0 Å². The Hall–Kier alpha value is -1.81. The van der Waals surface area contributed by atoms with Crippen molar-refractivity contribution < 1.29 is 9.53 Å². The van der Waals surface area contributed by atoms with E-state index < -0.39 is 0 Å². The van der Waals surface area contributed by atoms with E-state index in [-0.39, 0.29) is 18.6 Å². The summed E-state index contributed by atoms with van der Waals surface area (Å²) in [5.41, 5.74) is 2.42. The summed E-state index contributed by atoms with van der Waals surface area (Å²) in [4.78, 5) is 15.7. The van der Waals surface area contributed by atoms with Crippen LogP contribution in [0.3, 0.4) is 0 Å². The molecule has 3 rings (SSSR count). The zero-order chi connectivity index (χ0) is 15.5. The van der Waals surface area contributed by atoms with Gasteiger partial charge < -0.3 is 9.64 Å². The number of nitrogens with zero attached hydrogens (tertiary/aromatic N) is 1. The number of carbonyl (C=O) groups is 1. The van der Waals surface area contributed by atoms with Crippen LogP contribution >= 0.6 is 11.3 Å². The second kappa shape index (κ2) is 6.53. The molecule has 1 aliphatic rings. The molecule has 3 nitrogen and oxygen atoms in total. The standard InChI is InChI=1S/C18H21NO2S/c1-13-7-8-15(11-14(13)2)21-12-18(20)19-9-3-5-16(19)17-6-4-10-22-17/h4,6-8,10-11,16H,3,5,9,12H2,1-2H3. The van der Waals surface area contributed by atoms with Gasteiger partial charge in [0.1, 0.15) is 5.75 Å². The predicted molar refractivity (Wildman–Crippen MR) is 89.4 cm³/mol. The average molecular weight is 315 g/mol. The second-order valence-electron chi connectivity index (χ2n) is 5.80. The van der Waals surface area contributed by atoms with Gasteiger partial charge in [0, 0.05) is 11.4 Å². The molecule has 1 aromatic carbocycles. The lowest BCUT2D eigenvalue weighted by atomic mass is 10.1. The van der Waals surface area contributed by atoms with Crippen LogP contribution in [0, 0.1) is 13.8 Å². The number of likely N-dealkylation sites (tertiary alicyclic amines) is 1. The minimum Gasteiger partial charge on any atom is -0.484 e. The number of rotatable bonds is 4. The van der Waals surface area contributed by atoms with Crippen molar-refractivity contribution in [3.05, 3.63) is 51.7 Å². The molecule has 0 spiro atoms. The maximum Gasteiger partial charge on any atom is 0.261 e. The van der Waals surface area contributed by atoms with Gasteiger partial charge in [0.15, 0.2) is 6.61 Å². The molecule has 116 valence electrons. The topological polar surface area (TPSA) is 29.5 Å². The van der Waals surface area contributed by atoms with Crippen LogP contribution in [0.15, 0.2) is 35.7 Å². The monoisotopic (exact) mass is 315 g/mol. The number of carbonyl (C=O) groups excluding carboxylic acids is 1. The van der Waals surface area contributed by atoms with E-state index in [9.17, 15) is 4.79 Å². The highest BCUT2D eigenvalue weighted by molar-refractivity contribution is 7.10. The largest absolute Gasteiger partial charge is 0.484 e. The van der Waals surface area contributed by atoms with Crippen LogP contribution in [-0.4, -0.2) is 24.0 Å². The van der Waals surface area contributed by atoms with E-state index in [2.05, 4.69) is 25.3 Å². The molecule has 1 atom stereocenters. The molecular weight excluding hydrogens is 294 g/mol. The molecule has 0 N–H and O–H groups in total. The predicted octanol–water partition coefficient (Wildman–Crippen LogP) is 4.11. The van der Waals surface area contributed by atoms with Crippen molar-refractivity contribution in [2.75, 3.05) is 13.2 Å². The van der Waals surface area contributed by atoms with Crippen molar-refractivity contribution in [2.24, 2.45) is 0 Å². The first-order valence-electron chi connectivity index (χ1n) is 7.68. The SMILES string of the molecule is Cc1ccc(OCC(=O)N2CCCC2c2cccs2)cc1C. The van der Waals surface area contributed by atoms with Crippen molar-refractivity contribution >= 4 is 17.2 Å². The Labute approximate surface area is 135 Å². The summed E-state index contributed by atoms with van der Waals surface area (Å²) in [6.07, 6.45) is 2.12. The molecule has 0 radical (unpaired) electrons. The van der Waals surface area contributed by atoms with E-state index in [0.717, 1.165) is 25.1 Å². The second-order valence-corrected chi connectivity index (χ2v) is 6.77. The number of thiophene rings is 1. The number of benzene rings is 1. The molecule has 1 amide bonds. The maximum absolute atomic E-state index is 12.5. The van der Waals surface area contributed by atoms with E-state index in [1.54, 1.807) is 11.3 Å². The molecule has 1 saturated heterocycles. The number of ether oxygens (including phenoxy) is 1. The normalized spacial score (nSPS) is 17.7. The molecule has 0 saturated carbocycles. The minimum atomic E-state index is 0.0779. The molecule has 4 heteroatoms. The van der Waals surface area contributed by atoms with Crippen LogP contribution in [-0.2, 0) is 4.79 Å². The Morgan fingerprint density at radius 2 is 2.18 bits per heavy atom. The number of hydrogen-bond acceptors (Lipinski definition) is 3. The lowest BCUT2D eigenvalue weighted by molar-refractivity contribution is -0.134. The third-order valence-corrected chi connectivity index (χ3v) is 5.26. The summed E-state index contributed by atoms with van der Waals surface area (Å²) in [6, 6.07) is 10.3. The quantitative estimate of drug-likeness (QED) is 0.850. The van der Waals surface area contributed by atoms with Gasteiger partial charge in [0.25, 0.3) is 5.91 Å². The first-order valence-corrected chi connectivity index (χ1v) is 8.56. The van der Waals surface area contributed by atoms with Crippen LogP contribution in [0.5, 0.6) is 5.75 Å². The van der Waals surface area contributed by atoms with Gasteiger partial charge >= 0.3 is 0 Å². The first kappa shape index (κ1) is 15.1. The summed E-state index contributed by atoms with van der Waals surface area (Å²) >= 11 is 1.72. The molecular formula is C18H21NO2S. The summed E-state index contributed by atoms with van der Waals surface area (Å²) in [5, 5.41) is 2.07. The number of amides is 1. The highest BCUT2D eigenvalue weighted by Gasteiger charge is 2.30. The maximum atomic E-state index is 12.5. The van der Waals surface area contributed by atoms with Crippen molar-refractivity contribution in [2.45, 2.75) is 32.7 Å². The molecule has 1 fully saturated rings. The zero-order valence-electron chi connectivity index (χ0n) is 13.0. The van der Waals surface area contributed by atoms with Gasteiger partial charge in [0.05, 0.1) is 6.04 Å². The van der Waals surface area contributed by atoms with Gasteiger partial charge in [-0.15, -0.1) is 11.3 Å². The molecule has 22 heavy (non-hydrogen) atoms. The molecule has 0 aliphatic carbocycles. The van der Waals surface area contributed by atoms with E-state index in [0.29, 0.717) is 0 Å². The van der Waals surface area contributed by atoms with Crippen molar-refractivity contribution in [3.63, 3.8) is 0 Å². The Kier molecular flexibility index (Phi) is 4.48. The highest BCUT2D eigenvalue weighted by Crippen LogP contribution is 2.34. The smallest absolute Gasteiger partial charge is 0.261 e. The fourth-order valence-corrected chi connectivity index (χ4v) is 3.75. The van der Waals surface area contributed by atoms with Crippen LogP contribution in [0.1, 0.15) is 34.9 Å². The van der Waals surface area contributed by atoms with Gasteiger partial charge in [0.2, 0.25) is 0 Å². The average Bonchev–Trinajstić information content (AvgIpc) is 3.18. The lowest BCUT2D eigenvalue weighted by Crippen LogP contribution is -2.34. The Bertz CT molecular complexity index is 651. The fourth-order valence-electron chi connectivity index (χ4n) is 2.87. The third-order valence-electron chi connectivity index (χ3n) is 4.29. The Morgan fingerprint density at radius 1 is 1.32 bits per heavy atom. The van der Waals surface area contributed by atoms with Crippen molar-refractivity contribution in [1.82, 2.24) is 4.90 Å². The summed E-state index contributed by atoms with van der Waals surface area (Å²) < 4.78 is 5.69. The van der Waals surface area contributed by atoms with Crippen LogP contribution in [0.25, 0.3) is 0 Å². The zero-order valence-corrected chi connectivity index (χ0v) is 13.9. The van der Waals surface area contributed by atoms with Gasteiger partial charge in [-0.05, 0) is 61.4 Å². The van der Waals surface area contributed by atoms with Crippen LogP contribution < -0.4 is 4.74 Å². The van der Waals surface area contributed by atoms with Gasteiger partial charge in [-0.25, -0.2) is 0 Å². The van der Waals surface area contributed by atoms with Crippen molar-refractivity contribution in [1.29, 1.82) is 0 Å². The lowest BCUT2D eigenvalue weighted by Gasteiger charge is -2.24. The minimum absolute atomic E-state index is 0.0779. The fraction of sp³-hybridized carbons (Fsp3) is 0.389.